The molecule has 0 saturated carbocycles. The Labute approximate surface area is 141 Å². The number of anilines is 1. The molecule has 1 aliphatic heterocycles. The van der Waals surface area contributed by atoms with Crippen LogP contribution in [0.15, 0.2) is 47.4 Å². The molecule has 1 fully saturated rings. The Hall–Kier alpha value is -2.80. The second-order valence-corrected chi connectivity index (χ2v) is 5.89. The minimum absolute atomic E-state index is 0.0332. The highest BCUT2D eigenvalue weighted by Gasteiger charge is 2.37. The number of hydrogen-bond donors (Lipinski definition) is 1. The number of methoxy groups -OCH3 is 1. The normalized spacial score (nSPS) is 16.1. The maximum atomic E-state index is 13.9. The summed E-state index contributed by atoms with van der Waals surface area (Å²) < 4.78 is 18.9. The molecule has 0 aromatic heterocycles. The smallest absolute Gasteiger partial charge is 0.298 e. The first-order valence-electron chi connectivity index (χ1n) is 6.91. The van der Waals surface area contributed by atoms with E-state index in [0.29, 0.717) is 5.56 Å². The Kier molecular flexibility index (Phi) is 4.26. The van der Waals surface area contributed by atoms with Gasteiger partial charge < -0.3 is 9.84 Å². The largest absolute Gasteiger partial charge is 0.504 e. The third-order valence-electron chi connectivity index (χ3n) is 3.39. The van der Waals surface area contributed by atoms with E-state index in [4.69, 9.17) is 4.74 Å². The number of carbonyl (C=O) groups excluding carboxylic acids is 2. The molecule has 7 heteroatoms. The minimum atomic E-state index is -0.646. The molecule has 2 amide bonds. The van der Waals surface area contributed by atoms with Gasteiger partial charge in [0.1, 0.15) is 5.82 Å². The monoisotopic (exact) mass is 345 g/mol. The van der Waals surface area contributed by atoms with E-state index in [1.807, 2.05) is 0 Å². The summed E-state index contributed by atoms with van der Waals surface area (Å²) in [4.78, 5) is 25.5. The van der Waals surface area contributed by atoms with Gasteiger partial charge in [-0.15, -0.1) is 0 Å². The number of rotatable bonds is 3. The number of benzene rings is 2. The molecule has 0 aliphatic carbocycles. The summed E-state index contributed by atoms with van der Waals surface area (Å²) >= 11 is 0.726. The lowest BCUT2D eigenvalue weighted by atomic mass is 10.2. The number of aromatic hydroxyl groups is 1. The maximum absolute atomic E-state index is 13.9. The number of hydrogen-bond acceptors (Lipinski definition) is 5. The van der Waals surface area contributed by atoms with Crippen molar-refractivity contribution in [1.82, 2.24) is 0 Å². The van der Waals surface area contributed by atoms with E-state index in [1.54, 1.807) is 12.1 Å². The standard InChI is InChI=1S/C17H12FNO4S/c1-23-14-8-10(6-7-13(14)20)9-15-16(21)19(17(22)24-15)12-5-3-2-4-11(12)18/h2-9,20H,1H3/b15-9-. The van der Waals surface area contributed by atoms with Crippen LogP contribution in [0.5, 0.6) is 11.5 Å². The SMILES string of the molecule is COc1cc(/C=C2\SC(=O)N(c3ccccc3F)C2=O)ccc1O. The average molecular weight is 345 g/mol. The Morgan fingerprint density at radius 2 is 1.96 bits per heavy atom. The average Bonchev–Trinajstić information content (AvgIpc) is 2.84. The van der Waals surface area contributed by atoms with Crippen LogP contribution in [0.4, 0.5) is 14.9 Å². The Balaban J connectivity index is 1.96. The first kappa shape index (κ1) is 16.1. The first-order chi connectivity index (χ1) is 11.5. The third kappa shape index (κ3) is 2.85. The summed E-state index contributed by atoms with van der Waals surface area (Å²) in [6.45, 7) is 0. The lowest BCUT2D eigenvalue weighted by Crippen LogP contribution is -2.28. The van der Waals surface area contributed by atoms with E-state index in [1.165, 1.54) is 43.5 Å². The molecule has 2 aromatic carbocycles. The summed E-state index contributed by atoms with van der Waals surface area (Å²) in [5.74, 6) is -1.03. The van der Waals surface area contributed by atoms with Gasteiger partial charge >= 0.3 is 0 Å². The molecule has 1 saturated heterocycles. The van der Waals surface area contributed by atoms with Gasteiger partial charge in [-0.1, -0.05) is 18.2 Å². The van der Waals surface area contributed by atoms with Gasteiger partial charge in [0.05, 0.1) is 17.7 Å². The fourth-order valence-corrected chi connectivity index (χ4v) is 3.08. The van der Waals surface area contributed by atoms with Crippen LogP contribution < -0.4 is 9.64 Å². The molecule has 1 heterocycles. The summed E-state index contributed by atoms with van der Waals surface area (Å²) in [6, 6.07) is 10.1. The summed E-state index contributed by atoms with van der Waals surface area (Å²) in [6.07, 6.45) is 1.49. The fourth-order valence-electron chi connectivity index (χ4n) is 2.24. The van der Waals surface area contributed by atoms with Gasteiger partial charge in [-0.2, -0.15) is 0 Å². The molecule has 0 unspecified atom stereocenters. The molecule has 24 heavy (non-hydrogen) atoms. The van der Waals surface area contributed by atoms with Crippen LogP contribution in [0.25, 0.3) is 6.08 Å². The summed E-state index contributed by atoms with van der Waals surface area (Å²) in [7, 11) is 1.41. The molecule has 122 valence electrons. The lowest BCUT2D eigenvalue weighted by Gasteiger charge is -2.12. The van der Waals surface area contributed by atoms with Gasteiger partial charge in [-0.05, 0) is 47.7 Å². The molecule has 1 aliphatic rings. The van der Waals surface area contributed by atoms with Gasteiger partial charge in [0, 0.05) is 0 Å². The van der Waals surface area contributed by atoms with Crippen molar-refractivity contribution in [2.45, 2.75) is 0 Å². The van der Waals surface area contributed by atoms with E-state index in [2.05, 4.69) is 0 Å². The molecular formula is C17H12FNO4S. The van der Waals surface area contributed by atoms with E-state index >= 15 is 0 Å². The zero-order valence-electron chi connectivity index (χ0n) is 12.5. The fraction of sp³-hybridized carbons (Fsp3) is 0.0588. The number of thioether (sulfide) groups is 1. The molecule has 0 bridgehead atoms. The van der Waals surface area contributed by atoms with Gasteiger partial charge in [0.15, 0.2) is 11.5 Å². The van der Waals surface area contributed by atoms with E-state index < -0.39 is 17.0 Å². The van der Waals surface area contributed by atoms with Crippen molar-refractivity contribution in [2.24, 2.45) is 0 Å². The van der Waals surface area contributed by atoms with Crippen LogP contribution >= 0.6 is 11.8 Å². The number of para-hydroxylation sites is 1. The quantitative estimate of drug-likeness (QED) is 0.858. The molecule has 3 rings (SSSR count). The van der Waals surface area contributed by atoms with Crippen molar-refractivity contribution in [2.75, 3.05) is 12.0 Å². The number of ether oxygens (including phenoxy) is 1. The topological polar surface area (TPSA) is 66.8 Å². The van der Waals surface area contributed by atoms with Crippen LogP contribution in [0.2, 0.25) is 0 Å². The van der Waals surface area contributed by atoms with Crippen LogP contribution in [0, 0.1) is 5.82 Å². The first-order valence-corrected chi connectivity index (χ1v) is 7.72. The van der Waals surface area contributed by atoms with E-state index in [9.17, 15) is 19.1 Å². The number of amides is 2. The summed E-state index contributed by atoms with van der Waals surface area (Å²) in [5.41, 5.74) is 0.496. The van der Waals surface area contributed by atoms with Crippen molar-refractivity contribution in [3.63, 3.8) is 0 Å². The molecule has 0 radical (unpaired) electrons. The Morgan fingerprint density at radius 1 is 1.21 bits per heavy atom. The van der Waals surface area contributed by atoms with Gasteiger partial charge in [0.2, 0.25) is 0 Å². The number of phenolic OH excluding ortho intramolecular Hbond substituents is 1. The Bertz CT molecular complexity index is 865. The van der Waals surface area contributed by atoms with Crippen molar-refractivity contribution >= 4 is 34.7 Å². The van der Waals surface area contributed by atoms with Crippen molar-refractivity contribution in [3.8, 4) is 11.5 Å². The van der Waals surface area contributed by atoms with E-state index in [0.717, 1.165) is 16.7 Å². The lowest BCUT2D eigenvalue weighted by molar-refractivity contribution is -0.113. The molecule has 2 aromatic rings. The highest BCUT2D eigenvalue weighted by molar-refractivity contribution is 8.19. The zero-order valence-corrected chi connectivity index (χ0v) is 13.3. The van der Waals surface area contributed by atoms with Gasteiger partial charge in [-0.25, -0.2) is 9.29 Å². The number of carbonyl (C=O) groups is 2. The van der Waals surface area contributed by atoms with Crippen LogP contribution in [0.1, 0.15) is 5.56 Å². The highest BCUT2D eigenvalue weighted by atomic mass is 32.2. The van der Waals surface area contributed by atoms with Gasteiger partial charge in [0.25, 0.3) is 11.1 Å². The second kappa shape index (κ2) is 6.37. The minimum Gasteiger partial charge on any atom is -0.504 e. The van der Waals surface area contributed by atoms with Crippen molar-refractivity contribution in [1.29, 1.82) is 0 Å². The molecule has 0 atom stereocenters. The number of phenols is 1. The second-order valence-electron chi connectivity index (χ2n) is 4.90. The zero-order chi connectivity index (χ0) is 17.3. The van der Waals surface area contributed by atoms with Crippen LogP contribution in [0.3, 0.4) is 0 Å². The van der Waals surface area contributed by atoms with Crippen molar-refractivity contribution in [3.05, 3.63) is 58.8 Å². The Morgan fingerprint density at radius 3 is 2.67 bits per heavy atom. The molecule has 0 spiro atoms. The predicted molar refractivity (Wildman–Crippen MR) is 89.5 cm³/mol. The third-order valence-corrected chi connectivity index (χ3v) is 4.26. The summed E-state index contributed by atoms with van der Waals surface area (Å²) in [5, 5.41) is 9.02. The predicted octanol–water partition coefficient (Wildman–Crippen LogP) is 3.78. The highest BCUT2D eigenvalue weighted by Crippen LogP contribution is 2.37. The maximum Gasteiger partial charge on any atom is 0.298 e. The number of halogens is 1. The number of nitrogens with zero attached hydrogens (tertiary/aromatic N) is 1. The van der Waals surface area contributed by atoms with E-state index in [-0.39, 0.29) is 22.1 Å². The molecule has 1 N–H and O–H groups in total. The van der Waals surface area contributed by atoms with Crippen LogP contribution in [-0.4, -0.2) is 23.4 Å². The number of imide groups is 1. The van der Waals surface area contributed by atoms with Crippen LogP contribution in [-0.2, 0) is 4.79 Å². The molecule has 5 nitrogen and oxygen atoms in total. The molecular weight excluding hydrogens is 333 g/mol. The van der Waals surface area contributed by atoms with Crippen molar-refractivity contribution < 1.29 is 23.8 Å². The van der Waals surface area contributed by atoms with Gasteiger partial charge in [-0.3, -0.25) is 9.59 Å².